The molecule has 8 nitrogen and oxygen atoms in total. The van der Waals surface area contributed by atoms with Gasteiger partial charge >= 0.3 is 11.7 Å². The van der Waals surface area contributed by atoms with E-state index in [-0.39, 0.29) is 11.5 Å². The van der Waals surface area contributed by atoms with Crippen molar-refractivity contribution in [2.75, 3.05) is 12.4 Å². The first kappa shape index (κ1) is 21.4. The predicted molar refractivity (Wildman–Crippen MR) is 124 cm³/mol. The Hall–Kier alpha value is -3.85. The molecule has 0 aliphatic heterocycles. The molecule has 2 heterocycles. The van der Waals surface area contributed by atoms with Crippen molar-refractivity contribution in [1.29, 1.82) is 0 Å². The van der Waals surface area contributed by atoms with E-state index in [2.05, 4.69) is 10.3 Å². The van der Waals surface area contributed by atoms with E-state index in [1.165, 1.54) is 18.4 Å². The summed E-state index contributed by atoms with van der Waals surface area (Å²) in [5, 5.41) is 15.3. The molecular weight excluding hydrogens is 428 g/mol. The fourth-order valence-corrected chi connectivity index (χ4v) is 4.51. The maximum absolute atomic E-state index is 12.1. The Kier molecular flexibility index (Phi) is 5.83. The molecule has 162 valence electrons. The number of benzene rings is 2. The number of fused-ring (bicyclic) bond motifs is 1. The predicted octanol–water partition coefficient (Wildman–Crippen LogP) is 5.28. The minimum Gasteiger partial charge on any atom is -0.465 e. The third-order valence-electron chi connectivity index (χ3n) is 4.97. The number of ether oxygens (including phenoxy) is 1. The van der Waals surface area contributed by atoms with Gasteiger partial charge in [-0.3, -0.25) is 10.1 Å². The summed E-state index contributed by atoms with van der Waals surface area (Å²) in [6, 6.07) is 14.7. The highest BCUT2D eigenvalue weighted by Crippen LogP contribution is 2.33. The maximum Gasteiger partial charge on any atom is 0.338 e. The average Bonchev–Trinajstić information content (AvgIpc) is 3.19. The Morgan fingerprint density at radius 3 is 2.69 bits per heavy atom. The molecule has 1 N–H and O–H groups in total. The van der Waals surface area contributed by atoms with Crippen LogP contribution in [0.1, 0.15) is 27.2 Å². The molecule has 0 fully saturated rings. The quantitative estimate of drug-likeness (QED) is 0.243. The Morgan fingerprint density at radius 1 is 1.16 bits per heavy atom. The lowest BCUT2D eigenvalue weighted by atomic mass is 10.1. The summed E-state index contributed by atoms with van der Waals surface area (Å²) in [6.45, 7) is 3.86. The summed E-state index contributed by atoms with van der Waals surface area (Å²) < 4.78 is 5.86. The normalized spacial score (nSPS) is 10.8. The van der Waals surface area contributed by atoms with Crippen LogP contribution in [0.25, 0.3) is 20.8 Å². The van der Waals surface area contributed by atoms with E-state index in [1.807, 2.05) is 30.3 Å². The number of nitrogens with one attached hydrogen (secondary N) is 1. The third kappa shape index (κ3) is 4.15. The number of rotatable bonds is 6. The number of carbonyl (C=O) groups is 1. The van der Waals surface area contributed by atoms with Gasteiger partial charge < -0.3 is 10.1 Å². The van der Waals surface area contributed by atoms with Crippen molar-refractivity contribution in [3.8, 4) is 10.6 Å². The van der Waals surface area contributed by atoms with Gasteiger partial charge in [-0.05, 0) is 43.7 Å². The van der Waals surface area contributed by atoms with Crippen LogP contribution in [0.5, 0.6) is 0 Å². The molecular formula is C23H20N4O4S. The number of hydrogen-bond acceptors (Lipinski definition) is 8. The number of aromatic nitrogens is 2. The fourth-order valence-electron chi connectivity index (χ4n) is 3.53. The van der Waals surface area contributed by atoms with E-state index < -0.39 is 10.9 Å². The highest BCUT2D eigenvalue weighted by atomic mass is 32.1. The van der Waals surface area contributed by atoms with Gasteiger partial charge in [0.1, 0.15) is 5.01 Å². The van der Waals surface area contributed by atoms with Crippen molar-refractivity contribution in [2.45, 2.75) is 20.4 Å². The second-order valence-electron chi connectivity index (χ2n) is 7.25. The van der Waals surface area contributed by atoms with Crippen molar-refractivity contribution in [3.05, 3.63) is 81.0 Å². The van der Waals surface area contributed by atoms with Crippen LogP contribution in [0, 0.1) is 24.0 Å². The van der Waals surface area contributed by atoms with Crippen LogP contribution in [-0.2, 0) is 11.3 Å². The molecule has 2 aromatic heterocycles. The number of pyridine rings is 1. The van der Waals surface area contributed by atoms with Crippen molar-refractivity contribution in [2.24, 2.45) is 0 Å². The fraction of sp³-hybridized carbons (Fsp3) is 0.174. The second kappa shape index (κ2) is 8.72. The monoisotopic (exact) mass is 448 g/mol. The van der Waals surface area contributed by atoms with Crippen LogP contribution in [0.15, 0.2) is 48.5 Å². The van der Waals surface area contributed by atoms with Gasteiger partial charge in [0.15, 0.2) is 0 Å². The lowest BCUT2D eigenvalue weighted by Crippen LogP contribution is -2.07. The molecule has 0 amide bonds. The topological polar surface area (TPSA) is 107 Å². The summed E-state index contributed by atoms with van der Waals surface area (Å²) in [5.74, 6) is -0.161. The highest BCUT2D eigenvalue weighted by Gasteiger charge is 2.20. The molecule has 4 rings (SSSR count). The van der Waals surface area contributed by atoms with Gasteiger partial charge in [-0.15, -0.1) is 11.3 Å². The van der Waals surface area contributed by atoms with Gasteiger partial charge in [-0.1, -0.05) is 24.3 Å². The number of nitro groups is 1. The standard InChI is InChI=1S/C23H20N4O4S/c1-13-10-14(2)25-21(20(13)27(29)30)24-12-15-8-9-19-18(11-15)26-22(32-19)16-6-4-5-7-17(16)23(28)31-3/h4-11H,12H2,1-3H3,(H,24,25). The number of carbonyl (C=O) groups excluding carboxylic acids is 1. The molecule has 2 aromatic carbocycles. The molecule has 4 aromatic rings. The summed E-state index contributed by atoms with van der Waals surface area (Å²) in [5.41, 5.74) is 4.12. The van der Waals surface area contributed by atoms with Crippen LogP contribution in [0.2, 0.25) is 0 Å². The largest absolute Gasteiger partial charge is 0.465 e. The lowest BCUT2D eigenvalue weighted by molar-refractivity contribution is -0.384. The van der Waals surface area contributed by atoms with Crippen molar-refractivity contribution in [3.63, 3.8) is 0 Å². The maximum atomic E-state index is 12.1. The first-order valence-corrected chi connectivity index (χ1v) is 10.6. The van der Waals surface area contributed by atoms with Gasteiger partial charge in [0, 0.05) is 23.4 Å². The first-order valence-electron chi connectivity index (χ1n) is 9.81. The van der Waals surface area contributed by atoms with Gasteiger partial charge in [0.25, 0.3) is 0 Å². The molecule has 0 aliphatic rings. The molecule has 0 saturated heterocycles. The van der Waals surface area contributed by atoms with Crippen LogP contribution >= 0.6 is 11.3 Å². The van der Waals surface area contributed by atoms with Crippen LogP contribution in [0.3, 0.4) is 0 Å². The number of aryl methyl sites for hydroxylation is 2. The molecule has 9 heteroatoms. The van der Waals surface area contributed by atoms with Crippen molar-refractivity contribution in [1.82, 2.24) is 9.97 Å². The minimum atomic E-state index is -0.418. The minimum absolute atomic E-state index is 0.0213. The Balaban J connectivity index is 1.63. The Labute approximate surface area is 188 Å². The molecule has 0 atom stereocenters. The van der Waals surface area contributed by atoms with Crippen molar-refractivity contribution >= 4 is 39.0 Å². The summed E-state index contributed by atoms with van der Waals surface area (Å²) in [4.78, 5) is 32.2. The van der Waals surface area contributed by atoms with Gasteiger partial charge in [-0.2, -0.15) is 0 Å². The van der Waals surface area contributed by atoms with Gasteiger partial charge in [0.2, 0.25) is 5.82 Å². The van der Waals surface area contributed by atoms with Gasteiger partial charge in [0.05, 0.1) is 27.8 Å². The number of hydrogen-bond donors (Lipinski definition) is 1. The zero-order chi connectivity index (χ0) is 22.8. The van der Waals surface area contributed by atoms with E-state index in [4.69, 9.17) is 9.72 Å². The summed E-state index contributed by atoms with van der Waals surface area (Å²) in [6.07, 6.45) is 0. The van der Waals surface area contributed by atoms with Crippen LogP contribution in [0.4, 0.5) is 11.5 Å². The van der Waals surface area contributed by atoms with Crippen LogP contribution in [-0.4, -0.2) is 28.0 Å². The zero-order valence-electron chi connectivity index (χ0n) is 17.7. The second-order valence-corrected chi connectivity index (χ2v) is 8.28. The molecule has 0 aliphatic carbocycles. The van der Waals surface area contributed by atoms with Gasteiger partial charge in [-0.25, -0.2) is 14.8 Å². The smallest absolute Gasteiger partial charge is 0.338 e. The van der Waals surface area contributed by atoms with E-state index in [0.717, 1.165) is 26.4 Å². The molecule has 32 heavy (non-hydrogen) atoms. The number of nitrogens with zero attached hydrogens (tertiary/aromatic N) is 3. The Morgan fingerprint density at radius 2 is 1.94 bits per heavy atom. The lowest BCUT2D eigenvalue weighted by Gasteiger charge is -2.09. The van der Waals surface area contributed by atoms with E-state index in [9.17, 15) is 14.9 Å². The highest BCUT2D eigenvalue weighted by molar-refractivity contribution is 7.21. The Bertz CT molecular complexity index is 1350. The average molecular weight is 449 g/mol. The van der Waals surface area contributed by atoms with Crippen molar-refractivity contribution < 1.29 is 14.5 Å². The summed E-state index contributed by atoms with van der Waals surface area (Å²) in [7, 11) is 1.35. The van der Waals surface area contributed by atoms with E-state index in [0.29, 0.717) is 23.4 Å². The molecule has 0 spiro atoms. The first-order chi connectivity index (χ1) is 15.4. The number of anilines is 1. The number of esters is 1. The number of thiazole rings is 1. The summed E-state index contributed by atoms with van der Waals surface area (Å²) >= 11 is 1.48. The van der Waals surface area contributed by atoms with E-state index >= 15 is 0 Å². The van der Waals surface area contributed by atoms with Crippen LogP contribution < -0.4 is 5.32 Å². The molecule has 0 radical (unpaired) electrons. The van der Waals surface area contributed by atoms with E-state index in [1.54, 1.807) is 32.0 Å². The number of methoxy groups -OCH3 is 1. The zero-order valence-corrected chi connectivity index (χ0v) is 18.5. The molecule has 0 bridgehead atoms. The third-order valence-corrected chi connectivity index (χ3v) is 6.04. The molecule has 0 saturated carbocycles. The molecule has 0 unspecified atom stereocenters. The SMILES string of the molecule is COC(=O)c1ccccc1-c1nc2cc(CNc3nc(C)cc(C)c3[N+](=O)[O-])ccc2s1.